The number of carbonyl (C=O) groups excluding carboxylic acids is 1. The highest BCUT2D eigenvalue weighted by Crippen LogP contribution is 2.42. The van der Waals surface area contributed by atoms with Crippen LogP contribution in [0, 0.1) is 0 Å². The molecule has 38 heavy (non-hydrogen) atoms. The van der Waals surface area contributed by atoms with Crippen LogP contribution in [0.1, 0.15) is 17.6 Å². The van der Waals surface area contributed by atoms with Gasteiger partial charge >= 0.3 is 18.3 Å². The molecule has 0 spiro atoms. The van der Waals surface area contributed by atoms with E-state index in [0.29, 0.717) is 27.2 Å². The monoisotopic (exact) mass is 633 g/mol. The first kappa shape index (κ1) is 28.1. The number of rotatable bonds is 4. The van der Waals surface area contributed by atoms with Crippen molar-refractivity contribution in [2.75, 3.05) is 31.1 Å². The van der Waals surface area contributed by atoms with E-state index in [1.807, 2.05) is 0 Å². The second-order valence-electron chi connectivity index (χ2n) is 8.28. The van der Waals surface area contributed by atoms with Gasteiger partial charge in [0.25, 0.3) is 16.4 Å². The molecule has 1 amide bonds. The van der Waals surface area contributed by atoms with Crippen LogP contribution in [0.25, 0.3) is 10.9 Å². The van der Waals surface area contributed by atoms with Gasteiger partial charge in [-0.1, -0.05) is 28.1 Å². The Kier molecular flexibility index (Phi) is 7.18. The molecule has 1 fully saturated rings. The fraction of sp³-hybridized carbons (Fsp3) is 0.318. The van der Waals surface area contributed by atoms with Crippen molar-refractivity contribution >= 4 is 48.5 Å². The van der Waals surface area contributed by atoms with Crippen molar-refractivity contribution in [3.8, 4) is 0 Å². The van der Waals surface area contributed by atoms with Gasteiger partial charge in [-0.25, -0.2) is 21.2 Å². The first-order chi connectivity index (χ1) is 17.5. The van der Waals surface area contributed by atoms with Crippen LogP contribution in [-0.4, -0.2) is 55.6 Å². The van der Waals surface area contributed by atoms with Gasteiger partial charge < -0.3 is 9.80 Å². The summed E-state index contributed by atoms with van der Waals surface area (Å²) in [6, 6.07) is 5.79. The zero-order valence-corrected chi connectivity index (χ0v) is 21.2. The minimum atomic E-state index is -5.09. The van der Waals surface area contributed by atoms with E-state index in [1.165, 1.54) is 11.0 Å². The Morgan fingerprint density at radius 1 is 0.947 bits per heavy atom. The first-order valence-corrected chi connectivity index (χ1v) is 12.9. The maximum absolute atomic E-state index is 14.1. The van der Waals surface area contributed by atoms with Gasteiger partial charge in [0.1, 0.15) is 4.90 Å². The summed E-state index contributed by atoms with van der Waals surface area (Å²) in [4.78, 5) is 12.4. The molecule has 0 saturated carbocycles. The smallest absolute Gasteiger partial charge is 0.367 e. The molecule has 0 N–H and O–H groups in total. The molecule has 1 aliphatic heterocycles. The van der Waals surface area contributed by atoms with Crippen LogP contribution in [0.15, 0.2) is 52.0 Å². The van der Waals surface area contributed by atoms with Crippen molar-refractivity contribution in [3.05, 3.63) is 58.2 Å². The maximum atomic E-state index is 14.1. The average molecular weight is 634 g/mol. The highest BCUT2D eigenvalue weighted by molar-refractivity contribution is 9.10. The summed E-state index contributed by atoms with van der Waals surface area (Å²) in [5, 5.41) is -0.299. The SMILES string of the molecule is O=C(N1CCN(c2cc(Br)cc3c2c(C(F)F)cn3S(=O)(=O)c2ccccc2C(F)(F)F)CC1)C(F)(F)F. The maximum Gasteiger partial charge on any atom is 0.471 e. The van der Waals surface area contributed by atoms with Crippen LogP contribution < -0.4 is 4.90 Å². The molecule has 2 heterocycles. The lowest BCUT2D eigenvalue weighted by Crippen LogP contribution is -2.52. The van der Waals surface area contributed by atoms with Crippen LogP contribution in [-0.2, 0) is 21.0 Å². The molecule has 206 valence electrons. The number of benzene rings is 2. The van der Waals surface area contributed by atoms with Crippen molar-refractivity contribution < 1.29 is 48.3 Å². The van der Waals surface area contributed by atoms with Crippen LogP contribution in [0.5, 0.6) is 0 Å². The van der Waals surface area contributed by atoms with Gasteiger partial charge in [0.2, 0.25) is 0 Å². The molecule has 0 aliphatic carbocycles. The van der Waals surface area contributed by atoms with Crippen molar-refractivity contribution in [1.82, 2.24) is 8.87 Å². The van der Waals surface area contributed by atoms with Gasteiger partial charge in [0, 0.05) is 53.5 Å². The van der Waals surface area contributed by atoms with Crippen LogP contribution in [0.2, 0.25) is 0 Å². The van der Waals surface area contributed by atoms with Gasteiger partial charge in [-0.3, -0.25) is 4.79 Å². The number of nitrogens with zero attached hydrogens (tertiary/aromatic N) is 3. The summed E-state index contributed by atoms with van der Waals surface area (Å²) >= 11 is 3.15. The lowest BCUT2D eigenvalue weighted by atomic mass is 10.1. The predicted molar refractivity (Wildman–Crippen MR) is 123 cm³/mol. The Hall–Kier alpha value is -2.88. The zero-order chi connectivity index (χ0) is 28.2. The van der Waals surface area contributed by atoms with Gasteiger partial charge in [-0.05, 0) is 24.3 Å². The molecule has 0 radical (unpaired) electrons. The predicted octanol–water partition coefficient (Wildman–Crippen LogP) is 5.81. The Bertz CT molecular complexity index is 1490. The number of piperazine rings is 1. The fourth-order valence-electron chi connectivity index (χ4n) is 4.28. The zero-order valence-electron chi connectivity index (χ0n) is 18.8. The Balaban J connectivity index is 1.86. The number of amides is 1. The highest BCUT2D eigenvalue weighted by atomic mass is 79.9. The van der Waals surface area contributed by atoms with Crippen LogP contribution in [0.3, 0.4) is 0 Å². The molecular weight excluding hydrogens is 618 g/mol. The van der Waals surface area contributed by atoms with E-state index < -0.39 is 63.8 Å². The third kappa shape index (κ3) is 5.07. The van der Waals surface area contributed by atoms with Gasteiger partial charge in [0.15, 0.2) is 0 Å². The van der Waals surface area contributed by atoms with E-state index in [4.69, 9.17) is 0 Å². The summed E-state index contributed by atoms with van der Waals surface area (Å²) in [6.07, 6.45) is -12.9. The number of alkyl halides is 8. The highest BCUT2D eigenvalue weighted by Gasteiger charge is 2.43. The number of carbonyl (C=O) groups is 1. The van der Waals surface area contributed by atoms with Crippen molar-refractivity contribution in [1.29, 1.82) is 0 Å². The lowest BCUT2D eigenvalue weighted by molar-refractivity contribution is -0.185. The molecule has 6 nitrogen and oxygen atoms in total. The summed E-state index contributed by atoms with van der Waals surface area (Å²) in [5.74, 6) is -2.05. The molecule has 0 unspecified atom stereocenters. The Morgan fingerprint density at radius 3 is 2.11 bits per heavy atom. The molecular formula is C22H16BrF8N3O3S. The van der Waals surface area contributed by atoms with Gasteiger partial charge in [-0.15, -0.1) is 0 Å². The summed E-state index contributed by atoms with van der Waals surface area (Å²) in [5.41, 5.74) is -2.64. The lowest BCUT2D eigenvalue weighted by Gasteiger charge is -2.36. The standard InChI is InChI=1S/C22H16BrF8N3O3S/c23-12-9-15(32-5-7-33(8-6-32)20(35)22(29,30)31)18-13(19(24)25)11-34(16(18)10-12)38(36,37)17-4-2-1-3-14(17)21(26,27)28/h1-4,9-11,19H,5-8H2. The minimum Gasteiger partial charge on any atom is -0.367 e. The number of aromatic nitrogens is 1. The molecule has 4 rings (SSSR count). The third-order valence-corrected chi connectivity index (χ3v) is 8.15. The van der Waals surface area contributed by atoms with E-state index in [0.717, 1.165) is 18.2 Å². The largest absolute Gasteiger partial charge is 0.471 e. The fourth-order valence-corrected chi connectivity index (χ4v) is 6.30. The number of halogens is 9. The molecule has 1 saturated heterocycles. The quantitative estimate of drug-likeness (QED) is 0.340. The van der Waals surface area contributed by atoms with E-state index in [2.05, 4.69) is 15.9 Å². The van der Waals surface area contributed by atoms with Crippen molar-refractivity contribution in [2.24, 2.45) is 0 Å². The molecule has 1 aromatic heterocycles. The van der Waals surface area contributed by atoms with Crippen molar-refractivity contribution in [2.45, 2.75) is 23.7 Å². The molecule has 0 bridgehead atoms. The van der Waals surface area contributed by atoms with E-state index in [9.17, 15) is 48.3 Å². The Labute approximate surface area is 218 Å². The van der Waals surface area contributed by atoms with E-state index >= 15 is 0 Å². The normalized spacial score (nSPS) is 15.5. The second kappa shape index (κ2) is 9.70. The minimum absolute atomic E-state index is 0.0156. The first-order valence-electron chi connectivity index (χ1n) is 10.7. The average Bonchev–Trinajstić information content (AvgIpc) is 3.22. The molecule has 1 aliphatic rings. The topological polar surface area (TPSA) is 62.6 Å². The third-order valence-electron chi connectivity index (χ3n) is 5.96. The molecule has 0 atom stereocenters. The van der Waals surface area contributed by atoms with E-state index in [1.54, 1.807) is 0 Å². The van der Waals surface area contributed by atoms with E-state index in [-0.39, 0.29) is 34.2 Å². The summed E-state index contributed by atoms with van der Waals surface area (Å²) in [7, 11) is -5.05. The number of anilines is 1. The van der Waals surface area contributed by atoms with Crippen molar-refractivity contribution in [3.63, 3.8) is 0 Å². The molecule has 2 aromatic carbocycles. The molecule has 3 aromatic rings. The van der Waals surface area contributed by atoms with Gasteiger partial charge in [-0.2, -0.15) is 26.3 Å². The number of hydrogen-bond donors (Lipinski definition) is 0. The molecule has 16 heteroatoms. The summed E-state index contributed by atoms with van der Waals surface area (Å²) in [6.45, 7) is -1.20. The number of fused-ring (bicyclic) bond motifs is 1. The summed E-state index contributed by atoms with van der Waals surface area (Å²) < 4.78 is 135. The van der Waals surface area contributed by atoms with Crippen LogP contribution >= 0.6 is 15.9 Å². The van der Waals surface area contributed by atoms with Crippen LogP contribution in [0.4, 0.5) is 40.8 Å². The Morgan fingerprint density at radius 2 is 1.55 bits per heavy atom. The second-order valence-corrected chi connectivity index (χ2v) is 11.0. The number of hydrogen-bond acceptors (Lipinski definition) is 4. The van der Waals surface area contributed by atoms with Gasteiger partial charge in [0.05, 0.1) is 11.1 Å².